The second-order valence-electron chi connectivity index (χ2n) is 6.68. The summed E-state index contributed by atoms with van der Waals surface area (Å²) in [7, 11) is 0. The third-order valence-corrected chi connectivity index (χ3v) is 6.02. The van der Waals surface area contributed by atoms with Gasteiger partial charge in [0.1, 0.15) is 5.84 Å². The molecule has 0 bridgehead atoms. The van der Waals surface area contributed by atoms with Crippen molar-refractivity contribution < 1.29 is 0 Å². The third kappa shape index (κ3) is 3.39. The molecule has 5 heteroatoms. The molecule has 4 nitrogen and oxygen atoms in total. The number of fused-ring (bicyclic) bond motifs is 1. The van der Waals surface area contributed by atoms with Gasteiger partial charge in [-0.15, -0.1) is 0 Å². The summed E-state index contributed by atoms with van der Waals surface area (Å²) in [6.07, 6.45) is 2.20. The van der Waals surface area contributed by atoms with Gasteiger partial charge in [-0.05, 0) is 47.6 Å². The van der Waals surface area contributed by atoms with Gasteiger partial charge in [0.15, 0.2) is 0 Å². The van der Waals surface area contributed by atoms with Crippen LogP contribution in [0.1, 0.15) is 24.0 Å². The van der Waals surface area contributed by atoms with Crippen LogP contribution in [0.2, 0.25) is 0 Å². The molecule has 0 saturated carbocycles. The molecule has 0 radical (unpaired) electrons. The van der Waals surface area contributed by atoms with Crippen LogP contribution in [-0.2, 0) is 13.1 Å². The largest absolute Gasteiger partial charge is 0.371 e. The lowest BCUT2D eigenvalue weighted by Crippen LogP contribution is -2.54. The van der Waals surface area contributed by atoms with E-state index in [4.69, 9.17) is 10.7 Å². The SMILES string of the molecule is NCc1ccc(CN=C2Nc3ccccc3NC23CCSCC3)cc1. The maximum absolute atomic E-state index is 5.68. The molecule has 2 aliphatic rings. The fourth-order valence-corrected chi connectivity index (χ4v) is 4.68. The van der Waals surface area contributed by atoms with Crippen molar-refractivity contribution in [3.05, 3.63) is 59.7 Å². The van der Waals surface area contributed by atoms with Crippen LogP contribution >= 0.6 is 11.8 Å². The Kier molecular flexibility index (Phi) is 4.68. The zero-order valence-electron chi connectivity index (χ0n) is 14.3. The summed E-state index contributed by atoms with van der Waals surface area (Å²) in [5, 5.41) is 7.40. The Morgan fingerprint density at radius 1 is 0.960 bits per heavy atom. The molecule has 1 saturated heterocycles. The highest BCUT2D eigenvalue weighted by atomic mass is 32.2. The number of nitrogens with two attached hydrogens (primary N) is 1. The number of benzene rings is 2. The van der Waals surface area contributed by atoms with E-state index in [-0.39, 0.29) is 5.54 Å². The Morgan fingerprint density at radius 2 is 1.64 bits per heavy atom. The van der Waals surface area contributed by atoms with E-state index in [1.807, 2.05) is 11.8 Å². The van der Waals surface area contributed by atoms with E-state index in [0.717, 1.165) is 29.9 Å². The lowest BCUT2D eigenvalue weighted by atomic mass is 9.87. The van der Waals surface area contributed by atoms with Crippen LogP contribution in [0.25, 0.3) is 0 Å². The second kappa shape index (κ2) is 7.10. The molecule has 0 amide bonds. The van der Waals surface area contributed by atoms with Gasteiger partial charge < -0.3 is 16.4 Å². The zero-order chi connectivity index (χ0) is 17.1. The molecule has 1 spiro atoms. The van der Waals surface area contributed by atoms with Gasteiger partial charge in [0.05, 0.1) is 23.5 Å². The highest BCUT2D eigenvalue weighted by molar-refractivity contribution is 7.99. The quantitative estimate of drug-likeness (QED) is 0.785. The molecule has 4 rings (SSSR count). The number of thioether (sulfide) groups is 1. The van der Waals surface area contributed by atoms with Gasteiger partial charge in [0.2, 0.25) is 0 Å². The predicted molar refractivity (Wildman–Crippen MR) is 108 cm³/mol. The topological polar surface area (TPSA) is 62.4 Å². The molecular formula is C20H24N4S. The number of hydrogen-bond acceptors (Lipinski definition) is 4. The summed E-state index contributed by atoms with van der Waals surface area (Å²) >= 11 is 2.03. The fourth-order valence-electron chi connectivity index (χ4n) is 3.49. The van der Waals surface area contributed by atoms with Gasteiger partial charge in [0, 0.05) is 6.54 Å². The number of nitrogens with zero attached hydrogens (tertiary/aromatic N) is 1. The van der Waals surface area contributed by atoms with E-state index in [2.05, 4.69) is 59.2 Å². The van der Waals surface area contributed by atoms with E-state index >= 15 is 0 Å². The minimum Gasteiger partial charge on any atom is -0.371 e. The monoisotopic (exact) mass is 352 g/mol. The van der Waals surface area contributed by atoms with Crippen LogP contribution < -0.4 is 16.4 Å². The van der Waals surface area contributed by atoms with E-state index in [1.54, 1.807) is 0 Å². The number of aliphatic imine (C=N–C) groups is 1. The lowest BCUT2D eigenvalue weighted by molar-refractivity contribution is 0.560. The molecule has 0 aliphatic carbocycles. The number of nitrogens with one attached hydrogen (secondary N) is 2. The normalized spacial score (nSPS) is 20.0. The zero-order valence-corrected chi connectivity index (χ0v) is 15.1. The number of hydrogen-bond donors (Lipinski definition) is 3. The van der Waals surface area contributed by atoms with E-state index < -0.39 is 0 Å². The van der Waals surface area contributed by atoms with E-state index in [9.17, 15) is 0 Å². The Labute approximate surface area is 153 Å². The van der Waals surface area contributed by atoms with Gasteiger partial charge in [-0.2, -0.15) is 11.8 Å². The van der Waals surface area contributed by atoms with Crippen molar-refractivity contribution in [1.29, 1.82) is 0 Å². The van der Waals surface area contributed by atoms with Crippen LogP contribution in [-0.4, -0.2) is 22.9 Å². The molecule has 0 aromatic heterocycles. The van der Waals surface area contributed by atoms with Crippen LogP contribution in [0, 0.1) is 0 Å². The Morgan fingerprint density at radius 3 is 2.36 bits per heavy atom. The first-order valence-corrected chi connectivity index (χ1v) is 9.99. The Balaban J connectivity index is 1.62. The summed E-state index contributed by atoms with van der Waals surface area (Å²) in [6.45, 7) is 1.27. The summed E-state index contributed by atoms with van der Waals surface area (Å²) in [4.78, 5) is 4.99. The maximum Gasteiger partial charge on any atom is 0.127 e. The Hall–Kier alpha value is -1.98. The molecule has 0 unspecified atom stereocenters. The van der Waals surface area contributed by atoms with Gasteiger partial charge in [-0.1, -0.05) is 36.4 Å². The molecular weight excluding hydrogens is 328 g/mol. The molecule has 25 heavy (non-hydrogen) atoms. The minimum atomic E-state index is -0.0587. The van der Waals surface area contributed by atoms with Crippen LogP contribution in [0.3, 0.4) is 0 Å². The average Bonchev–Trinajstić information content (AvgIpc) is 2.67. The average molecular weight is 353 g/mol. The molecule has 2 heterocycles. The highest BCUT2D eigenvalue weighted by Gasteiger charge is 2.40. The third-order valence-electron chi connectivity index (χ3n) is 5.03. The highest BCUT2D eigenvalue weighted by Crippen LogP contribution is 2.38. The molecule has 2 aliphatic heterocycles. The van der Waals surface area contributed by atoms with Gasteiger partial charge in [0.25, 0.3) is 0 Å². The van der Waals surface area contributed by atoms with Crippen LogP contribution in [0.5, 0.6) is 0 Å². The van der Waals surface area contributed by atoms with Crippen molar-refractivity contribution in [1.82, 2.24) is 0 Å². The van der Waals surface area contributed by atoms with Crippen LogP contribution in [0.4, 0.5) is 11.4 Å². The van der Waals surface area contributed by atoms with Crippen molar-refractivity contribution in [3.8, 4) is 0 Å². The van der Waals surface area contributed by atoms with Gasteiger partial charge in [-0.25, -0.2) is 0 Å². The van der Waals surface area contributed by atoms with Crippen molar-refractivity contribution in [2.75, 3.05) is 22.1 Å². The lowest BCUT2D eigenvalue weighted by Gasteiger charge is -2.43. The standard InChI is InChI=1S/C20H24N4S/c21-13-15-5-7-16(8-6-15)14-22-19-20(9-11-25-12-10-20)24-18-4-2-1-3-17(18)23-19/h1-8,24H,9-14,21H2,(H,22,23). The number of amidine groups is 1. The van der Waals surface area contributed by atoms with Crippen molar-refractivity contribution in [2.24, 2.45) is 10.7 Å². The molecule has 1 fully saturated rings. The number of rotatable bonds is 3. The first-order valence-electron chi connectivity index (χ1n) is 8.84. The summed E-state index contributed by atoms with van der Waals surface area (Å²) in [6, 6.07) is 16.8. The smallest absolute Gasteiger partial charge is 0.127 e. The summed E-state index contributed by atoms with van der Waals surface area (Å²) in [5.74, 6) is 3.41. The summed E-state index contributed by atoms with van der Waals surface area (Å²) < 4.78 is 0. The molecule has 2 aromatic carbocycles. The molecule has 2 aromatic rings. The maximum atomic E-state index is 5.68. The van der Waals surface area contributed by atoms with Crippen molar-refractivity contribution in [3.63, 3.8) is 0 Å². The second-order valence-corrected chi connectivity index (χ2v) is 7.90. The van der Waals surface area contributed by atoms with Crippen molar-refractivity contribution >= 4 is 29.0 Å². The molecule has 130 valence electrons. The van der Waals surface area contributed by atoms with Crippen molar-refractivity contribution in [2.45, 2.75) is 31.5 Å². The van der Waals surface area contributed by atoms with E-state index in [1.165, 1.54) is 22.8 Å². The first kappa shape index (κ1) is 16.5. The summed E-state index contributed by atoms with van der Waals surface area (Å²) in [5.41, 5.74) is 10.3. The van der Waals surface area contributed by atoms with Gasteiger partial charge >= 0.3 is 0 Å². The van der Waals surface area contributed by atoms with E-state index in [0.29, 0.717) is 13.1 Å². The minimum absolute atomic E-state index is 0.0587. The fraction of sp³-hybridized carbons (Fsp3) is 0.350. The van der Waals surface area contributed by atoms with Gasteiger partial charge in [-0.3, -0.25) is 4.99 Å². The first-order chi connectivity index (χ1) is 12.3. The number of anilines is 2. The molecule has 0 atom stereocenters. The predicted octanol–water partition coefficient (Wildman–Crippen LogP) is 3.85. The Bertz CT molecular complexity index is 764. The van der Waals surface area contributed by atoms with Crippen LogP contribution in [0.15, 0.2) is 53.5 Å². The number of para-hydroxylation sites is 2. The molecule has 4 N–H and O–H groups in total.